The highest BCUT2D eigenvalue weighted by molar-refractivity contribution is 5.76. The minimum atomic E-state index is -1.86. The van der Waals surface area contributed by atoms with E-state index in [0.717, 1.165) is 11.1 Å². The summed E-state index contributed by atoms with van der Waals surface area (Å²) in [6, 6.07) is 5.52. The Labute approximate surface area is 94.5 Å². The maximum Gasteiger partial charge on any atom is 0.339 e. The van der Waals surface area contributed by atoms with Gasteiger partial charge in [-0.3, -0.25) is 0 Å². The van der Waals surface area contributed by atoms with Crippen molar-refractivity contribution in [1.82, 2.24) is 0 Å². The van der Waals surface area contributed by atoms with Gasteiger partial charge in [-0.25, -0.2) is 4.79 Å². The van der Waals surface area contributed by atoms with Crippen molar-refractivity contribution >= 4 is 5.97 Å². The van der Waals surface area contributed by atoms with Crippen molar-refractivity contribution in [2.45, 2.75) is 26.4 Å². The van der Waals surface area contributed by atoms with Gasteiger partial charge in [0.05, 0.1) is 0 Å². The molecule has 0 spiro atoms. The van der Waals surface area contributed by atoms with Crippen molar-refractivity contribution in [1.29, 1.82) is 0 Å². The number of ether oxygens (including phenoxy) is 1. The normalized spacial score (nSPS) is 14.2. The number of aryl methyl sites for hydroxylation is 1. The maximum atomic E-state index is 10.7. The second kappa shape index (κ2) is 4.53. The van der Waals surface area contributed by atoms with Crippen molar-refractivity contribution in [3.05, 3.63) is 29.3 Å². The number of aliphatic hydroxyl groups is 1. The molecule has 1 rings (SSSR count). The molecule has 0 radical (unpaired) electrons. The molecule has 0 heterocycles. The number of carbonyl (C=O) groups is 1. The maximum absolute atomic E-state index is 10.7. The summed E-state index contributed by atoms with van der Waals surface area (Å²) in [5.41, 5.74) is 0.145. The van der Waals surface area contributed by atoms with Crippen LogP contribution in [0.2, 0.25) is 0 Å². The fourth-order valence-corrected chi connectivity index (χ4v) is 1.16. The summed E-state index contributed by atoms with van der Waals surface area (Å²) in [6.45, 7) is 4.77. The third-order valence-corrected chi connectivity index (χ3v) is 2.52. The first-order valence-corrected chi connectivity index (χ1v) is 4.99. The van der Waals surface area contributed by atoms with E-state index in [2.05, 4.69) is 0 Å². The van der Waals surface area contributed by atoms with Gasteiger partial charge < -0.3 is 14.9 Å². The van der Waals surface area contributed by atoms with E-state index < -0.39 is 11.6 Å². The molecule has 1 unspecified atom stereocenters. The van der Waals surface area contributed by atoms with Crippen LogP contribution in [0.1, 0.15) is 18.1 Å². The monoisotopic (exact) mass is 224 g/mol. The molecular weight excluding hydrogens is 208 g/mol. The number of benzene rings is 1. The van der Waals surface area contributed by atoms with Crippen LogP contribution in [0.15, 0.2) is 18.2 Å². The lowest BCUT2D eigenvalue weighted by Crippen LogP contribution is -2.41. The Morgan fingerprint density at radius 3 is 2.62 bits per heavy atom. The van der Waals surface area contributed by atoms with E-state index in [0.29, 0.717) is 5.75 Å². The average Bonchev–Trinajstić information content (AvgIpc) is 2.20. The summed E-state index contributed by atoms with van der Waals surface area (Å²) in [6.07, 6.45) is 0. The van der Waals surface area contributed by atoms with E-state index in [4.69, 9.17) is 9.84 Å². The van der Waals surface area contributed by atoms with Crippen LogP contribution < -0.4 is 4.74 Å². The Kier molecular flexibility index (Phi) is 3.55. The Morgan fingerprint density at radius 2 is 2.06 bits per heavy atom. The van der Waals surface area contributed by atoms with Crippen LogP contribution in [-0.2, 0) is 4.79 Å². The largest absolute Gasteiger partial charge is 0.490 e. The number of hydrogen-bond donors (Lipinski definition) is 2. The van der Waals surface area contributed by atoms with E-state index in [1.165, 1.54) is 6.92 Å². The van der Waals surface area contributed by atoms with Crippen LogP contribution in [-0.4, -0.2) is 28.4 Å². The Balaban J connectivity index is 2.76. The van der Waals surface area contributed by atoms with Crippen LogP contribution >= 0.6 is 0 Å². The van der Waals surface area contributed by atoms with Gasteiger partial charge in [-0.05, 0) is 38.0 Å². The molecule has 0 aromatic heterocycles. The smallest absolute Gasteiger partial charge is 0.339 e. The summed E-state index contributed by atoms with van der Waals surface area (Å²) in [4.78, 5) is 10.7. The van der Waals surface area contributed by atoms with Crippen LogP contribution in [0.25, 0.3) is 0 Å². The van der Waals surface area contributed by atoms with Crippen LogP contribution in [0.5, 0.6) is 5.75 Å². The molecule has 0 aliphatic rings. The second-order valence-corrected chi connectivity index (χ2v) is 4.07. The summed E-state index contributed by atoms with van der Waals surface area (Å²) in [7, 11) is 0. The lowest BCUT2D eigenvalue weighted by molar-refractivity contribution is -0.159. The molecule has 0 saturated heterocycles. The first-order valence-electron chi connectivity index (χ1n) is 4.99. The number of carboxylic acid groups (broad SMARTS) is 1. The molecule has 0 aliphatic heterocycles. The first-order chi connectivity index (χ1) is 7.34. The molecule has 0 fully saturated rings. The third kappa shape index (κ3) is 2.73. The van der Waals surface area contributed by atoms with Gasteiger partial charge in [0, 0.05) is 0 Å². The molecule has 0 amide bonds. The molecule has 0 bridgehead atoms. The predicted octanol–water partition coefficient (Wildman–Crippen LogP) is 1.52. The highest BCUT2D eigenvalue weighted by Crippen LogP contribution is 2.21. The van der Waals surface area contributed by atoms with Crippen LogP contribution in [0.4, 0.5) is 0 Å². The van der Waals surface area contributed by atoms with E-state index in [-0.39, 0.29) is 6.61 Å². The van der Waals surface area contributed by atoms with Gasteiger partial charge in [0.25, 0.3) is 0 Å². The second-order valence-electron chi connectivity index (χ2n) is 4.07. The summed E-state index contributed by atoms with van der Waals surface area (Å²) in [5.74, 6) is -0.695. The van der Waals surface area contributed by atoms with Crippen LogP contribution in [0, 0.1) is 13.8 Å². The number of rotatable bonds is 4. The molecule has 0 aliphatic carbocycles. The van der Waals surface area contributed by atoms with E-state index in [9.17, 15) is 9.90 Å². The number of aliphatic carboxylic acids is 1. The lowest BCUT2D eigenvalue weighted by atomic mass is 10.1. The molecule has 2 N–H and O–H groups in total. The minimum absolute atomic E-state index is 0.271. The standard InChI is InChI=1S/C12H16O4/c1-8-5-4-6-10(9(8)2)16-7-12(3,15)11(13)14/h4-6,15H,7H2,1-3H3,(H,13,14). The highest BCUT2D eigenvalue weighted by atomic mass is 16.5. The van der Waals surface area contributed by atoms with Crippen LogP contribution in [0.3, 0.4) is 0 Å². The zero-order valence-electron chi connectivity index (χ0n) is 9.65. The zero-order valence-corrected chi connectivity index (χ0v) is 9.65. The van der Waals surface area contributed by atoms with Gasteiger partial charge in [0.1, 0.15) is 12.4 Å². The first kappa shape index (κ1) is 12.5. The molecule has 88 valence electrons. The van der Waals surface area contributed by atoms with Gasteiger partial charge in [0.2, 0.25) is 0 Å². The van der Waals surface area contributed by atoms with Gasteiger partial charge >= 0.3 is 5.97 Å². The molecule has 1 aromatic carbocycles. The third-order valence-electron chi connectivity index (χ3n) is 2.52. The predicted molar refractivity (Wildman–Crippen MR) is 59.7 cm³/mol. The molecule has 1 atom stereocenters. The minimum Gasteiger partial charge on any atom is -0.490 e. The van der Waals surface area contributed by atoms with Crippen molar-refractivity contribution < 1.29 is 19.7 Å². The van der Waals surface area contributed by atoms with E-state index in [1.54, 1.807) is 6.07 Å². The molecule has 4 nitrogen and oxygen atoms in total. The lowest BCUT2D eigenvalue weighted by Gasteiger charge is -2.19. The van der Waals surface area contributed by atoms with E-state index in [1.807, 2.05) is 26.0 Å². The molecule has 4 heteroatoms. The van der Waals surface area contributed by atoms with Gasteiger partial charge in [-0.1, -0.05) is 12.1 Å². The summed E-state index contributed by atoms with van der Waals surface area (Å²) < 4.78 is 5.31. The average molecular weight is 224 g/mol. The Bertz CT molecular complexity index is 396. The van der Waals surface area contributed by atoms with Crippen molar-refractivity contribution in [3.8, 4) is 5.75 Å². The fraction of sp³-hybridized carbons (Fsp3) is 0.417. The van der Waals surface area contributed by atoms with Crippen molar-refractivity contribution in [3.63, 3.8) is 0 Å². The highest BCUT2D eigenvalue weighted by Gasteiger charge is 2.31. The zero-order chi connectivity index (χ0) is 12.3. The Hall–Kier alpha value is -1.55. The number of hydrogen-bond acceptors (Lipinski definition) is 3. The topological polar surface area (TPSA) is 66.8 Å². The molecule has 0 saturated carbocycles. The Morgan fingerprint density at radius 1 is 1.44 bits per heavy atom. The van der Waals surface area contributed by atoms with Crippen molar-refractivity contribution in [2.24, 2.45) is 0 Å². The fourth-order valence-electron chi connectivity index (χ4n) is 1.16. The summed E-state index contributed by atoms with van der Waals surface area (Å²) >= 11 is 0. The SMILES string of the molecule is Cc1cccc(OCC(C)(O)C(=O)O)c1C. The van der Waals surface area contributed by atoms with Gasteiger partial charge in [-0.15, -0.1) is 0 Å². The quantitative estimate of drug-likeness (QED) is 0.813. The molecule has 1 aromatic rings. The molecule has 16 heavy (non-hydrogen) atoms. The number of carboxylic acids is 1. The summed E-state index contributed by atoms with van der Waals surface area (Å²) in [5, 5.41) is 18.2. The molecular formula is C12H16O4. The van der Waals surface area contributed by atoms with Gasteiger partial charge in [-0.2, -0.15) is 0 Å². The van der Waals surface area contributed by atoms with Gasteiger partial charge in [0.15, 0.2) is 5.60 Å². The van der Waals surface area contributed by atoms with Crippen molar-refractivity contribution in [2.75, 3.05) is 6.61 Å². The van der Waals surface area contributed by atoms with E-state index >= 15 is 0 Å².